The quantitative estimate of drug-likeness (QED) is 0.275. The van der Waals surface area contributed by atoms with Crippen LogP contribution < -0.4 is 0 Å². The van der Waals surface area contributed by atoms with Crippen LogP contribution in [0.5, 0.6) is 0 Å². The molecule has 5 rings (SSSR count). The molecule has 0 amide bonds. The first kappa shape index (κ1) is 20.4. The summed E-state index contributed by atoms with van der Waals surface area (Å²) in [5, 5.41) is 9.92. The lowest BCUT2D eigenvalue weighted by Gasteiger charge is -2.09. The van der Waals surface area contributed by atoms with Gasteiger partial charge in [0.15, 0.2) is 11.5 Å². The fourth-order valence-electron chi connectivity index (χ4n) is 3.99. The van der Waals surface area contributed by atoms with Crippen molar-refractivity contribution in [2.24, 2.45) is 4.99 Å². The number of benzene rings is 1. The van der Waals surface area contributed by atoms with Gasteiger partial charge in [-0.15, -0.1) is 0 Å². The highest BCUT2D eigenvalue weighted by molar-refractivity contribution is 5.88. The number of furan rings is 3. The van der Waals surface area contributed by atoms with Crippen LogP contribution in [0.25, 0.3) is 28.5 Å². The summed E-state index contributed by atoms with van der Waals surface area (Å²) in [7, 11) is 0. The molecule has 0 radical (unpaired) electrons. The molecule has 0 saturated heterocycles. The number of rotatable bonds is 5. The van der Waals surface area contributed by atoms with Gasteiger partial charge in [-0.05, 0) is 63.2 Å². The van der Waals surface area contributed by atoms with E-state index < -0.39 is 0 Å². The molecule has 0 aliphatic rings. The average molecular weight is 435 g/mol. The zero-order valence-electron chi connectivity index (χ0n) is 18.5. The van der Waals surface area contributed by atoms with Crippen molar-refractivity contribution in [3.8, 4) is 34.6 Å². The first-order valence-corrected chi connectivity index (χ1v) is 10.5. The molecular weight excluding hydrogens is 414 g/mol. The maximum absolute atomic E-state index is 9.92. The summed E-state index contributed by atoms with van der Waals surface area (Å²) in [6.07, 6.45) is 4.83. The van der Waals surface area contributed by atoms with E-state index in [2.05, 4.69) is 59.8 Å². The summed E-state index contributed by atoms with van der Waals surface area (Å²) in [5.74, 6) is 1.62. The Morgan fingerprint density at radius 3 is 2.27 bits per heavy atom. The van der Waals surface area contributed by atoms with Gasteiger partial charge in [-0.1, -0.05) is 17.7 Å². The van der Waals surface area contributed by atoms with E-state index in [0.29, 0.717) is 28.4 Å². The Bertz CT molecular complexity index is 1470. The smallest absolute Gasteiger partial charge is 0.238 e. The third-order valence-corrected chi connectivity index (χ3v) is 5.60. The SMILES string of the molecule is Cc1ccc(-n2c(C)cc(C=Nc3oc(-c4ccco4)c(-c4ccco4)c3C#N)c2C)cc1. The summed E-state index contributed by atoms with van der Waals surface area (Å²) >= 11 is 0. The Kier molecular flexibility index (Phi) is 5.08. The number of nitriles is 1. The molecule has 0 spiro atoms. The predicted molar refractivity (Wildman–Crippen MR) is 126 cm³/mol. The lowest BCUT2D eigenvalue weighted by atomic mass is 10.1. The zero-order chi connectivity index (χ0) is 22.9. The minimum atomic E-state index is 0.204. The molecule has 6 nitrogen and oxygen atoms in total. The molecule has 0 N–H and O–H groups in total. The maximum Gasteiger partial charge on any atom is 0.238 e. The van der Waals surface area contributed by atoms with Crippen LogP contribution >= 0.6 is 0 Å². The molecule has 0 saturated carbocycles. The lowest BCUT2D eigenvalue weighted by molar-refractivity contribution is 0.527. The van der Waals surface area contributed by atoms with Crippen molar-refractivity contribution in [3.63, 3.8) is 0 Å². The normalized spacial score (nSPS) is 11.3. The lowest BCUT2D eigenvalue weighted by Crippen LogP contribution is -1.99. The number of hydrogen-bond acceptors (Lipinski definition) is 5. The first-order valence-electron chi connectivity index (χ1n) is 10.5. The fourth-order valence-corrected chi connectivity index (χ4v) is 3.99. The third-order valence-electron chi connectivity index (χ3n) is 5.60. The topological polar surface area (TPSA) is 80.5 Å². The van der Waals surface area contributed by atoms with Crippen molar-refractivity contribution in [3.05, 3.63) is 95.2 Å². The molecule has 4 aromatic heterocycles. The number of aliphatic imine (C=N–C) groups is 1. The standard InChI is InChI=1S/C27H21N3O3/c1-17-8-10-21(11-9-17)30-18(2)14-20(19(30)3)16-29-27-22(15-28)25(23-6-4-12-31-23)26(33-27)24-7-5-13-32-24/h4-14,16H,1-3H3. The van der Waals surface area contributed by atoms with Gasteiger partial charge in [0.25, 0.3) is 0 Å². The zero-order valence-corrected chi connectivity index (χ0v) is 18.5. The summed E-state index contributed by atoms with van der Waals surface area (Å²) < 4.78 is 19.3. The highest BCUT2D eigenvalue weighted by Crippen LogP contribution is 2.42. The van der Waals surface area contributed by atoms with Crippen LogP contribution in [0.15, 0.2) is 85.4 Å². The minimum absolute atomic E-state index is 0.204. The number of aromatic nitrogens is 1. The van der Waals surface area contributed by atoms with Crippen LogP contribution in [0.1, 0.15) is 28.1 Å². The van der Waals surface area contributed by atoms with Crippen LogP contribution in [0.4, 0.5) is 5.88 Å². The highest BCUT2D eigenvalue weighted by atomic mass is 16.4. The molecule has 0 fully saturated rings. The van der Waals surface area contributed by atoms with Crippen molar-refractivity contribution in [2.45, 2.75) is 20.8 Å². The van der Waals surface area contributed by atoms with Crippen LogP contribution in [0.2, 0.25) is 0 Å². The van der Waals surface area contributed by atoms with Crippen LogP contribution in [0, 0.1) is 32.1 Å². The molecular formula is C27H21N3O3. The minimum Gasteiger partial charge on any atom is -0.464 e. The van der Waals surface area contributed by atoms with Crippen LogP contribution in [-0.4, -0.2) is 10.8 Å². The second-order valence-electron chi connectivity index (χ2n) is 7.81. The van der Waals surface area contributed by atoms with Crippen molar-refractivity contribution >= 4 is 12.1 Å². The molecule has 4 heterocycles. The van der Waals surface area contributed by atoms with E-state index >= 15 is 0 Å². The molecule has 5 aromatic rings. The Hall–Kier alpha value is -4.50. The molecule has 0 unspecified atom stereocenters. The molecule has 162 valence electrons. The highest BCUT2D eigenvalue weighted by Gasteiger charge is 2.26. The Labute approximate surface area is 191 Å². The number of nitrogens with zero attached hydrogens (tertiary/aromatic N) is 3. The fraction of sp³-hybridized carbons (Fsp3) is 0.111. The molecule has 0 aliphatic carbocycles. The van der Waals surface area contributed by atoms with E-state index in [4.69, 9.17) is 13.3 Å². The molecule has 33 heavy (non-hydrogen) atoms. The van der Waals surface area contributed by atoms with E-state index in [-0.39, 0.29) is 5.88 Å². The summed E-state index contributed by atoms with van der Waals surface area (Å²) in [6.45, 7) is 6.17. The second kappa shape index (κ2) is 8.21. The number of aryl methyl sites for hydroxylation is 2. The van der Waals surface area contributed by atoms with Gasteiger partial charge in [-0.3, -0.25) is 0 Å². The van der Waals surface area contributed by atoms with E-state index in [1.807, 2.05) is 6.92 Å². The van der Waals surface area contributed by atoms with Gasteiger partial charge >= 0.3 is 0 Å². The maximum atomic E-state index is 9.92. The van der Waals surface area contributed by atoms with E-state index in [0.717, 1.165) is 22.6 Å². The summed E-state index contributed by atoms with van der Waals surface area (Å²) in [5.41, 5.74) is 6.19. The molecule has 0 bridgehead atoms. The van der Waals surface area contributed by atoms with Crippen LogP contribution in [0.3, 0.4) is 0 Å². The number of hydrogen-bond donors (Lipinski definition) is 0. The summed E-state index contributed by atoms with van der Waals surface area (Å²) in [6, 6.07) is 19.7. The molecule has 0 atom stereocenters. The van der Waals surface area contributed by atoms with Gasteiger partial charge in [0, 0.05) is 28.9 Å². The van der Waals surface area contributed by atoms with Crippen molar-refractivity contribution < 1.29 is 13.3 Å². The van der Waals surface area contributed by atoms with Crippen molar-refractivity contribution in [1.82, 2.24) is 4.57 Å². The van der Waals surface area contributed by atoms with E-state index in [1.165, 1.54) is 5.56 Å². The second-order valence-corrected chi connectivity index (χ2v) is 7.81. The third kappa shape index (κ3) is 3.60. The van der Waals surface area contributed by atoms with Crippen LogP contribution in [-0.2, 0) is 0 Å². The average Bonchev–Trinajstić information content (AvgIpc) is 3.60. The van der Waals surface area contributed by atoms with Gasteiger partial charge < -0.3 is 17.8 Å². The largest absolute Gasteiger partial charge is 0.464 e. The van der Waals surface area contributed by atoms with Gasteiger partial charge in [0.1, 0.15) is 17.4 Å². The molecule has 0 aliphatic heterocycles. The van der Waals surface area contributed by atoms with Gasteiger partial charge in [0.2, 0.25) is 5.88 Å². The summed E-state index contributed by atoms with van der Waals surface area (Å²) in [4.78, 5) is 4.56. The molecule has 1 aromatic carbocycles. The van der Waals surface area contributed by atoms with Gasteiger partial charge in [0.05, 0.1) is 18.1 Å². The monoisotopic (exact) mass is 435 g/mol. The van der Waals surface area contributed by atoms with Gasteiger partial charge in [-0.2, -0.15) is 5.26 Å². The van der Waals surface area contributed by atoms with E-state index in [9.17, 15) is 5.26 Å². The predicted octanol–water partition coefficient (Wildman–Crippen LogP) is 7.14. The van der Waals surface area contributed by atoms with Crippen molar-refractivity contribution in [2.75, 3.05) is 0 Å². The first-order chi connectivity index (χ1) is 16.1. The van der Waals surface area contributed by atoms with Crippen molar-refractivity contribution in [1.29, 1.82) is 5.26 Å². The van der Waals surface area contributed by atoms with E-state index in [1.54, 1.807) is 43.0 Å². The Morgan fingerprint density at radius 1 is 0.939 bits per heavy atom. The Balaban J connectivity index is 1.59. The Morgan fingerprint density at radius 2 is 1.64 bits per heavy atom. The molecule has 6 heteroatoms. The van der Waals surface area contributed by atoms with Gasteiger partial charge in [-0.25, -0.2) is 4.99 Å².